The molecule has 0 unspecified atom stereocenters. The molecule has 0 atom stereocenters. The SMILES string of the molecule is Cc1cc2oc(-c3ccccc3)c(OC(=O)c3ccc4c(c3)C(=O)N(C3CCCCC3)C4=O)c(=O)c2cc1C. The van der Waals surface area contributed by atoms with E-state index in [4.69, 9.17) is 9.15 Å². The van der Waals surface area contributed by atoms with Crippen LogP contribution in [0.1, 0.15) is 74.3 Å². The Labute approximate surface area is 225 Å². The Hall–Kier alpha value is -4.52. The van der Waals surface area contributed by atoms with Crippen molar-refractivity contribution in [2.24, 2.45) is 0 Å². The third kappa shape index (κ3) is 4.24. The maximum atomic E-state index is 13.6. The Morgan fingerprint density at radius 3 is 2.28 bits per heavy atom. The van der Waals surface area contributed by atoms with Gasteiger partial charge in [0.15, 0.2) is 5.76 Å². The molecule has 1 aliphatic carbocycles. The number of benzene rings is 3. The predicted octanol–water partition coefficient (Wildman–Crippen LogP) is 6.22. The molecule has 1 aromatic heterocycles. The van der Waals surface area contributed by atoms with Crippen molar-refractivity contribution < 1.29 is 23.5 Å². The molecular formula is C32H27NO6. The van der Waals surface area contributed by atoms with Gasteiger partial charge in [0.2, 0.25) is 11.2 Å². The number of hydrogen-bond acceptors (Lipinski definition) is 6. The fourth-order valence-electron chi connectivity index (χ4n) is 5.51. The van der Waals surface area contributed by atoms with E-state index >= 15 is 0 Å². The molecule has 1 fully saturated rings. The number of hydrogen-bond donors (Lipinski definition) is 0. The minimum absolute atomic E-state index is 0.0685. The summed E-state index contributed by atoms with van der Waals surface area (Å²) in [5.41, 5.74) is 2.91. The van der Waals surface area contributed by atoms with Gasteiger partial charge in [-0.2, -0.15) is 0 Å². The molecule has 0 N–H and O–H groups in total. The highest BCUT2D eigenvalue weighted by atomic mass is 16.5. The van der Waals surface area contributed by atoms with Crippen molar-refractivity contribution in [1.82, 2.24) is 4.90 Å². The average molecular weight is 522 g/mol. The van der Waals surface area contributed by atoms with Gasteiger partial charge in [-0.25, -0.2) is 4.79 Å². The molecule has 2 aliphatic rings. The van der Waals surface area contributed by atoms with Crippen LogP contribution in [0.25, 0.3) is 22.3 Å². The molecule has 0 saturated heterocycles. The zero-order valence-electron chi connectivity index (χ0n) is 21.8. The molecule has 0 radical (unpaired) electrons. The molecule has 2 heterocycles. The van der Waals surface area contributed by atoms with Crippen LogP contribution in [-0.4, -0.2) is 28.7 Å². The Bertz CT molecular complexity index is 1710. The molecule has 7 heteroatoms. The number of esters is 1. The number of carbonyl (C=O) groups is 3. The number of amides is 2. The summed E-state index contributed by atoms with van der Waals surface area (Å²) >= 11 is 0. The second-order valence-electron chi connectivity index (χ2n) is 10.3. The van der Waals surface area contributed by atoms with Crippen LogP contribution in [0, 0.1) is 13.8 Å². The van der Waals surface area contributed by atoms with E-state index in [2.05, 4.69) is 0 Å². The van der Waals surface area contributed by atoms with E-state index in [1.807, 2.05) is 19.9 Å². The highest BCUT2D eigenvalue weighted by Gasteiger charge is 2.40. The number of carbonyl (C=O) groups excluding carboxylic acids is 3. The van der Waals surface area contributed by atoms with Crippen molar-refractivity contribution in [3.8, 4) is 17.1 Å². The van der Waals surface area contributed by atoms with Gasteiger partial charge in [0.1, 0.15) is 5.58 Å². The van der Waals surface area contributed by atoms with Crippen LogP contribution in [0.2, 0.25) is 0 Å². The van der Waals surface area contributed by atoms with Gasteiger partial charge < -0.3 is 9.15 Å². The Morgan fingerprint density at radius 2 is 1.54 bits per heavy atom. The predicted molar refractivity (Wildman–Crippen MR) is 146 cm³/mol. The Morgan fingerprint density at radius 1 is 0.846 bits per heavy atom. The van der Waals surface area contributed by atoms with E-state index in [0.717, 1.165) is 43.2 Å². The molecule has 0 spiro atoms. The van der Waals surface area contributed by atoms with E-state index in [1.54, 1.807) is 36.4 Å². The zero-order valence-corrected chi connectivity index (χ0v) is 21.8. The van der Waals surface area contributed by atoms with Crippen molar-refractivity contribution in [3.63, 3.8) is 0 Å². The zero-order chi connectivity index (χ0) is 27.3. The first-order chi connectivity index (χ1) is 18.8. The quantitative estimate of drug-likeness (QED) is 0.234. The monoisotopic (exact) mass is 521 g/mol. The minimum atomic E-state index is -0.818. The maximum Gasteiger partial charge on any atom is 0.343 e. The van der Waals surface area contributed by atoms with E-state index in [9.17, 15) is 19.2 Å². The summed E-state index contributed by atoms with van der Waals surface area (Å²) < 4.78 is 11.8. The molecule has 6 rings (SSSR count). The normalized spacial score (nSPS) is 15.6. The fourth-order valence-corrected chi connectivity index (χ4v) is 5.51. The lowest BCUT2D eigenvalue weighted by molar-refractivity contribution is 0.0548. The van der Waals surface area contributed by atoms with Gasteiger partial charge in [-0.3, -0.25) is 19.3 Å². The van der Waals surface area contributed by atoms with Crippen molar-refractivity contribution in [2.75, 3.05) is 0 Å². The van der Waals surface area contributed by atoms with Gasteiger partial charge in [-0.15, -0.1) is 0 Å². The molecule has 196 valence electrons. The minimum Gasteiger partial charge on any atom is -0.452 e. The highest BCUT2D eigenvalue weighted by molar-refractivity contribution is 6.22. The van der Waals surface area contributed by atoms with Crippen molar-refractivity contribution in [1.29, 1.82) is 0 Å². The number of ether oxygens (including phenoxy) is 1. The van der Waals surface area contributed by atoms with Gasteiger partial charge in [-0.05, 0) is 68.1 Å². The number of rotatable bonds is 4. The lowest BCUT2D eigenvalue weighted by atomic mass is 9.94. The molecule has 39 heavy (non-hydrogen) atoms. The van der Waals surface area contributed by atoms with Crippen molar-refractivity contribution >= 4 is 28.8 Å². The van der Waals surface area contributed by atoms with Gasteiger partial charge in [0.25, 0.3) is 11.8 Å². The summed E-state index contributed by atoms with van der Waals surface area (Å²) in [4.78, 5) is 54.6. The van der Waals surface area contributed by atoms with Crippen LogP contribution in [0.5, 0.6) is 5.75 Å². The van der Waals surface area contributed by atoms with Crippen LogP contribution >= 0.6 is 0 Å². The van der Waals surface area contributed by atoms with Crippen LogP contribution in [-0.2, 0) is 0 Å². The van der Waals surface area contributed by atoms with Crippen LogP contribution < -0.4 is 10.2 Å². The second-order valence-corrected chi connectivity index (χ2v) is 10.3. The maximum absolute atomic E-state index is 13.6. The van der Waals surface area contributed by atoms with Crippen molar-refractivity contribution in [3.05, 3.63) is 98.7 Å². The lowest BCUT2D eigenvalue weighted by Crippen LogP contribution is -2.40. The van der Waals surface area contributed by atoms with Crippen LogP contribution in [0.3, 0.4) is 0 Å². The van der Waals surface area contributed by atoms with Crippen LogP contribution in [0.15, 0.2) is 69.9 Å². The molecule has 3 aromatic carbocycles. The third-order valence-electron chi connectivity index (χ3n) is 7.79. The van der Waals surface area contributed by atoms with E-state index in [1.165, 1.54) is 23.1 Å². The number of fused-ring (bicyclic) bond motifs is 2. The van der Waals surface area contributed by atoms with E-state index in [-0.39, 0.29) is 40.1 Å². The summed E-state index contributed by atoms with van der Waals surface area (Å²) in [6.07, 6.45) is 4.64. The summed E-state index contributed by atoms with van der Waals surface area (Å²) in [5.74, 6) is -1.62. The molecule has 1 saturated carbocycles. The summed E-state index contributed by atoms with van der Waals surface area (Å²) in [5, 5.41) is 0.304. The number of aryl methyl sites for hydroxylation is 2. The molecule has 4 aromatic rings. The molecule has 1 aliphatic heterocycles. The average Bonchev–Trinajstić information content (AvgIpc) is 3.21. The largest absolute Gasteiger partial charge is 0.452 e. The van der Waals surface area contributed by atoms with Crippen LogP contribution in [0.4, 0.5) is 0 Å². The molecule has 2 amide bonds. The smallest absolute Gasteiger partial charge is 0.343 e. The molecular weight excluding hydrogens is 494 g/mol. The third-order valence-corrected chi connectivity index (χ3v) is 7.79. The number of nitrogens with zero attached hydrogens (tertiary/aromatic N) is 1. The Balaban J connectivity index is 1.39. The summed E-state index contributed by atoms with van der Waals surface area (Å²) in [6, 6.07) is 16.7. The molecule has 7 nitrogen and oxygen atoms in total. The first kappa shape index (κ1) is 24.8. The van der Waals surface area contributed by atoms with Gasteiger partial charge >= 0.3 is 5.97 Å². The van der Waals surface area contributed by atoms with E-state index in [0.29, 0.717) is 16.5 Å². The summed E-state index contributed by atoms with van der Waals surface area (Å²) in [7, 11) is 0. The topological polar surface area (TPSA) is 93.9 Å². The Kier molecular flexibility index (Phi) is 6.14. The van der Waals surface area contributed by atoms with Gasteiger partial charge in [-0.1, -0.05) is 49.6 Å². The summed E-state index contributed by atoms with van der Waals surface area (Å²) in [6.45, 7) is 3.82. The van der Waals surface area contributed by atoms with Gasteiger partial charge in [0, 0.05) is 11.6 Å². The van der Waals surface area contributed by atoms with Crippen molar-refractivity contribution in [2.45, 2.75) is 52.0 Å². The van der Waals surface area contributed by atoms with Gasteiger partial charge in [0.05, 0.1) is 22.1 Å². The standard InChI is InChI=1S/C32H27NO6/c1-18-15-25-26(16-19(18)2)38-28(20-9-5-3-6-10-20)29(27(25)34)39-32(37)21-13-14-23-24(17-21)31(36)33(30(23)35)22-11-7-4-8-12-22/h3,5-6,9-10,13-17,22H,4,7-8,11-12H2,1-2H3. The van der Waals surface area contributed by atoms with E-state index < -0.39 is 17.3 Å². The first-order valence-electron chi connectivity index (χ1n) is 13.2. The molecule has 0 bridgehead atoms. The second kappa shape index (κ2) is 9.66. The first-order valence-corrected chi connectivity index (χ1v) is 13.2. The number of imide groups is 1. The fraction of sp³-hybridized carbons (Fsp3) is 0.250. The lowest BCUT2D eigenvalue weighted by Gasteiger charge is -2.29. The highest BCUT2D eigenvalue weighted by Crippen LogP contribution is 2.34.